The number of nitriles is 1. The van der Waals surface area contributed by atoms with Crippen LogP contribution in [0.5, 0.6) is 0 Å². The Kier molecular flexibility index (Phi) is 8.87. The summed E-state index contributed by atoms with van der Waals surface area (Å²) in [6.45, 7) is 0. The van der Waals surface area contributed by atoms with Crippen LogP contribution < -0.4 is 0 Å². The van der Waals surface area contributed by atoms with E-state index in [0.717, 1.165) is 44.5 Å². The first-order valence-corrected chi connectivity index (χ1v) is 21.3. The molecule has 7 nitrogen and oxygen atoms in total. The number of rotatable bonds is 7. The minimum absolute atomic E-state index is 0.0167. The summed E-state index contributed by atoms with van der Waals surface area (Å²) in [4.78, 5) is 30.4. The second-order valence-corrected chi connectivity index (χ2v) is 16.2. The Labute approximate surface area is 370 Å². The van der Waals surface area contributed by atoms with Crippen molar-refractivity contribution in [3.8, 4) is 85.5 Å². The quantitative estimate of drug-likeness (QED) is 0.158. The highest BCUT2D eigenvalue weighted by Crippen LogP contribution is 2.56. The predicted octanol–water partition coefficient (Wildman–Crippen LogP) is 12.6. The highest BCUT2D eigenvalue weighted by molar-refractivity contribution is 5.76. The molecule has 0 N–H and O–H groups in total. The van der Waals surface area contributed by atoms with Crippen molar-refractivity contribution in [3.63, 3.8) is 0 Å². The first-order valence-electron chi connectivity index (χ1n) is 21.3. The molecule has 0 aliphatic heterocycles. The molecule has 2 aromatic heterocycles. The lowest BCUT2D eigenvalue weighted by atomic mass is 9.61. The highest BCUT2D eigenvalue weighted by Gasteiger charge is 2.41. The van der Waals surface area contributed by atoms with Gasteiger partial charge in [-0.1, -0.05) is 176 Å². The van der Waals surface area contributed by atoms with Crippen LogP contribution in [0.1, 0.15) is 50.8 Å². The molecule has 0 radical (unpaired) electrons. The van der Waals surface area contributed by atoms with E-state index in [1.807, 2.05) is 115 Å². The predicted molar refractivity (Wildman–Crippen MR) is 251 cm³/mol. The third-order valence-electron chi connectivity index (χ3n) is 12.4. The van der Waals surface area contributed by atoms with E-state index >= 15 is 0 Å². The van der Waals surface area contributed by atoms with Gasteiger partial charge in [0.15, 0.2) is 34.9 Å². The molecule has 0 saturated heterocycles. The Morgan fingerprint density at radius 2 is 0.547 bits per heavy atom. The maximum absolute atomic E-state index is 9.28. The molecule has 0 amide bonds. The van der Waals surface area contributed by atoms with Gasteiger partial charge in [0.25, 0.3) is 0 Å². The van der Waals surface area contributed by atoms with Gasteiger partial charge in [0.05, 0.1) is 11.6 Å². The van der Waals surface area contributed by atoms with Crippen LogP contribution in [0.2, 0.25) is 0 Å². The van der Waals surface area contributed by atoms with E-state index in [-0.39, 0.29) is 11.8 Å². The van der Waals surface area contributed by atoms with Gasteiger partial charge in [-0.15, -0.1) is 0 Å². The molecule has 10 aromatic rings. The molecule has 8 aromatic carbocycles. The van der Waals surface area contributed by atoms with Crippen molar-refractivity contribution in [2.24, 2.45) is 0 Å². The largest absolute Gasteiger partial charge is 0.208 e. The summed E-state index contributed by atoms with van der Waals surface area (Å²) in [7, 11) is 0. The minimum Gasteiger partial charge on any atom is -0.208 e. The van der Waals surface area contributed by atoms with Gasteiger partial charge in [0.1, 0.15) is 0 Å². The Balaban J connectivity index is 0.955. The fourth-order valence-electron chi connectivity index (χ4n) is 9.33. The number of hydrogen-bond donors (Lipinski definition) is 0. The van der Waals surface area contributed by atoms with Gasteiger partial charge in [-0.05, 0) is 68.8 Å². The summed E-state index contributed by atoms with van der Waals surface area (Å²) in [6, 6.07) is 70.7. The third kappa shape index (κ3) is 6.45. The minimum atomic E-state index is 0.0167. The summed E-state index contributed by atoms with van der Waals surface area (Å²) in [5.74, 6) is 3.80. The SMILES string of the molecule is N#Cc1ccc(-c2ccc(-c3nc(-c4ccccc4)nc(-c4ccc5c(c4)C4c6ccccc6C5c5cc(-c6nc(-c7ccccc7)nc(-c7ccccc7)n6)ccc54)n3)cc2)cc1. The van der Waals surface area contributed by atoms with Crippen molar-refractivity contribution in [1.29, 1.82) is 5.26 Å². The normalized spacial score (nSPS) is 14.2. The van der Waals surface area contributed by atoms with Crippen LogP contribution in [0.3, 0.4) is 0 Å². The zero-order valence-corrected chi connectivity index (χ0v) is 34.3. The smallest absolute Gasteiger partial charge is 0.164 e. The van der Waals surface area contributed by atoms with Gasteiger partial charge in [-0.25, -0.2) is 29.9 Å². The number of nitrogens with zero attached hydrogens (tertiary/aromatic N) is 7. The molecule has 298 valence electrons. The van der Waals surface area contributed by atoms with E-state index in [1.165, 1.54) is 33.4 Å². The van der Waals surface area contributed by atoms with Gasteiger partial charge in [-0.3, -0.25) is 0 Å². The third-order valence-corrected chi connectivity index (χ3v) is 12.4. The Morgan fingerprint density at radius 3 is 0.922 bits per heavy atom. The summed E-state index contributed by atoms with van der Waals surface area (Å²) in [6.07, 6.45) is 0. The maximum atomic E-state index is 9.28. The van der Waals surface area contributed by atoms with Crippen molar-refractivity contribution in [1.82, 2.24) is 29.9 Å². The van der Waals surface area contributed by atoms with Crippen molar-refractivity contribution in [2.45, 2.75) is 11.8 Å². The zero-order valence-electron chi connectivity index (χ0n) is 34.3. The van der Waals surface area contributed by atoms with Crippen LogP contribution in [-0.4, -0.2) is 29.9 Å². The van der Waals surface area contributed by atoms with E-state index in [9.17, 15) is 5.26 Å². The number of hydrogen-bond acceptors (Lipinski definition) is 7. The Bertz CT molecular complexity index is 3380. The molecule has 64 heavy (non-hydrogen) atoms. The van der Waals surface area contributed by atoms with Crippen molar-refractivity contribution < 1.29 is 0 Å². The van der Waals surface area contributed by atoms with Gasteiger partial charge in [0.2, 0.25) is 0 Å². The van der Waals surface area contributed by atoms with Gasteiger partial charge in [0, 0.05) is 45.2 Å². The second-order valence-electron chi connectivity index (χ2n) is 16.2. The lowest BCUT2D eigenvalue weighted by Crippen LogP contribution is -2.27. The summed E-state index contributed by atoms with van der Waals surface area (Å²) < 4.78 is 0. The molecule has 13 rings (SSSR count). The van der Waals surface area contributed by atoms with E-state index in [4.69, 9.17) is 29.9 Å². The maximum Gasteiger partial charge on any atom is 0.164 e. The molecule has 0 fully saturated rings. The summed E-state index contributed by atoms with van der Waals surface area (Å²) in [5.41, 5.74) is 16.0. The molecule has 2 bridgehead atoms. The van der Waals surface area contributed by atoms with Crippen LogP contribution in [0.25, 0.3) is 79.5 Å². The monoisotopic (exact) mass is 817 g/mol. The molecule has 2 atom stereocenters. The first kappa shape index (κ1) is 37.1. The van der Waals surface area contributed by atoms with Crippen LogP contribution >= 0.6 is 0 Å². The van der Waals surface area contributed by atoms with E-state index in [0.29, 0.717) is 40.5 Å². The number of aromatic nitrogens is 6. The average Bonchev–Trinajstić information content (AvgIpc) is 3.38. The Hall–Kier alpha value is -8.73. The lowest BCUT2D eigenvalue weighted by molar-refractivity contribution is 0.754. The fourth-order valence-corrected chi connectivity index (χ4v) is 9.33. The molecule has 3 aliphatic carbocycles. The van der Waals surface area contributed by atoms with E-state index < -0.39 is 0 Å². The standard InChI is InChI=1S/C57H35N7/c58-34-35-20-22-36(23-21-35)37-24-26-41(27-25-37)55-60-54(40-16-8-3-9-17-40)63-57(64-55)43-29-31-47-49(33-43)51-45-19-11-10-18-44(45)50(47)48-32-42(28-30-46(48)51)56-61-52(38-12-4-1-5-13-38)59-53(62-56)39-14-6-2-7-15-39/h1-33,50-51H. The molecular formula is C57H35N7. The summed E-state index contributed by atoms with van der Waals surface area (Å²) >= 11 is 0. The number of benzene rings is 8. The molecule has 3 aliphatic rings. The van der Waals surface area contributed by atoms with Gasteiger partial charge < -0.3 is 0 Å². The average molecular weight is 818 g/mol. The Morgan fingerprint density at radius 1 is 0.266 bits per heavy atom. The van der Waals surface area contributed by atoms with Crippen molar-refractivity contribution >= 4 is 0 Å². The van der Waals surface area contributed by atoms with Gasteiger partial charge in [-0.2, -0.15) is 5.26 Å². The molecule has 0 saturated carbocycles. The fraction of sp³-hybridized carbons (Fsp3) is 0.0351. The topological polar surface area (TPSA) is 101 Å². The molecular weight excluding hydrogens is 783 g/mol. The van der Waals surface area contributed by atoms with E-state index in [2.05, 4.69) is 91.0 Å². The second kappa shape index (κ2) is 15.3. The zero-order chi connectivity index (χ0) is 42.6. The van der Waals surface area contributed by atoms with Crippen molar-refractivity contribution in [2.75, 3.05) is 0 Å². The molecule has 0 spiro atoms. The lowest BCUT2D eigenvalue weighted by Gasteiger charge is -2.42. The van der Waals surface area contributed by atoms with Crippen LogP contribution in [0.4, 0.5) is 0 Å². The molecule has 2 unspecified atom stereocenters. The van der Waals surface area contributed by atoms with E-state index in [1.54, 1.807) is 0 Å². The van der Waals surface area contributed by atoms with Gasteiger partial charge >= 0.3 is 0 Å². The molecule has 7 heteroatoms. The summed E-state index contributed by atoms with van der Waals surface area (Å²) in [5, 5.41) is 9.28. The van der Waals surface area contributed by atoms with Crippen LogP contribution in [-0.2, 0) is 0 Å². The van der Waals surface area contributed by atoms with Crippen LogP contribution in [0, 0.1) is 11.3 Å². The highest BCUT2D eigenvalue weighted by atomic mass is 15.0. The molecule has 2 heterocycles. The first-order chi connectivity index (χ1) is 31.6. The van der Waals surface area contributed by atoms with Crippen molar-refractivity contribution in [3.05, 3.63) is 239 Å². The van der Waals surface area contributed by atoms with Crippen LogP contribution in [0.15, 0.2) is 200 Å².